The molecule has 33 heavy (non-hydrogen) atoms. The second-order valence-corrected chi connectivity index (χ2v) is 9.99. The fourth-order valence-electron chi connectivity index (χ4n) is 3.29. The SMILES string of the molecule is COc1ccc([C@H](C)NC(=O)CN(c2cccc(Br)c2)S(=O)(=O)c2ccccc2)cc1OC. The Morgan fingerprint density at radius 1 is 0.970 bits per heavy atom. The minimum absolute atomic E-state index is 0.103. The van der Waals surface area contributed by atoms with Crippen LogP contribution in [0.15, 0.2) is 82.2 Å². The molecule has 0 saturated heterocycles. The number of hydrogen-bond acceptors (Lipinski definition) is 5. The summed E-state index contributed by atoms with van der Waals surface area (Å²) in [5.41, 5.74) is 1.17. The van der Waals surface area contributed by atoms with Crippen LogP contribution in [0.1, 0.15) is 18.5 Å². The van der Waals surface area contributed by atoms with Crippen molar-refractivity contribution in [3.05, 3.63) is 82.8 Å². The van der Waals surface area contributed by atoms with Gasteiger partial charge in [-0.2, -0.15) is 0 Å². The largest absolute Gasteiger partial charge is 0.493 e. The first-order chi connectivity index (χ1) is 15.8. The molecular weight excluding hydrogens is 508 g/mol. The van der Waals surface area contributed by atoms with Gasteiger partial charge in [0.05, 0.1) is 30.8 Å². The van der Waals surface area contributed by atoms with Crippen LogP contribution in [0.25, 0.3) is 0 Å². The Bertz CT molecular complexity index is 1220. The van der Waals surface area contributed by atoms with Gasteiger partial charge < -0.3 is 14.8 Å². The van der Waals surface area contributed by atoms with Crippen molar-refractivity contribution >= 4 is 37.5 Å². The van der Waals surface area contributed by atoms with Crippen LogP contribution < -0.4 is 19.1 Å². The van der Waals surface area contributed by atoms with Crippen molar-refractivity contribution < 1.29 is 22.7 Å². The normalized spacial score (nSPS) is 12.0. The van der Waals surface area contributed by atoms with E-state index in [2.05, 4.69) is 21.2 Å². The number of benzene rings is 3. The lowest BCUT2D eigenvalue weighted by atomic mass is 10.1. The highest BCUT2D eigenvalue weighted by Gasteiger charge is 2.27. The number of halogens is 1. The molecule has 0 saturated carbocycles. The van der Waals surface area contributed by atoms with Gasteiger partial charge in [-0.25, -0.2) is 8.42 Å². The fourth-order valence-corrected chi connectivity index (χ4v) is 5.11. The molecule has 0 fully saturated rings. The second-order valence-electron chi connectivity index (χ2n) is 7.21. The lowest BCUT2D eigenvalue weighted by Crippen LogP contribution is -2.41. The van der Waals surface area contributed by atoms with E-state index >= 15 is 0 Å². The van der Waals surface area contributed by atoms with E-state index in [9.17, 15) is 13.2 Å². The number of sulfonamides is 1. The number of nitrogens with zero attached hydrogens (tertiary/aromatic N) is 1. The number of rotatable bonds is 9. The Kier molecular flexibility index (Phi) is 7.99. The van der Waals surface area contributed by atoms with Crippen LogP contribution in [-0.4, -0.2) is 35.1 Å². The number of amides is 1. The van der Waals surface area contributed by atoms with Crippen LogP contribution in [0, 0.1) is 0 Å². The second kappa shape index (κ2) is 10.7. The minimum Gasteiger partial charge on any atom is -0.493 e. The predicted octanol–water partition coefficient (Wildman–Crippen LogP) is 4.54. The Labute approximate surface area is 202 Å². The summed E-state index contributed by atoms with van der Waals surface area (Å²) in [7, 11) is -0.886. The van der Waals surface area contributed by atoms with Crippen molar-refractivity contribution in [2.75, 3.05) is 25.1 Å². The van der Waals surface area contributed by atoms with E-state index in [1.165, 1.54) is 19.2 Å². The van der Waals surface area contributed by atoms with E-state index in [4.69, 9.17) is 9.47 Å². The maximum absolute atomic E-state index is 13.4. The summed E-state index contributed by atoms with van der Waals surface area (Å²) in [6.45, 7) is 1.43. The zero-order valence-electron chi connectivity index (χ0n) is 18.5. The number of nitrogens with one attached hydrogen (secondary N) is 1. The summed E-state index contributed by atoms with van der Waals surface area (Å²) < 4.78 is 39.2. The molecule has 3 rings (SSSR count). The summed E-state index contributed by atoms with van der Waals surface area (Å²) in [6.07, 6.45) is 0. The average Bonchev–Trinajstić information content (AvgIpc) is 2.82. The Morgan fingerprint density at radius 2 is 1.67 bits per heavy atom. The Balaban J connectivity index is 1.86. The predicted molar refractivity (Wildman–Crippen MR) is 131 cm³/mol. The summed E-state index contributed by atoms with van der Waals surface area (Å²) in [5.74, 6) is 0.671. The molecule has 0 spiro atoms. The highest BCUT2D eigenvalue weighted by Crippen LogP contribution is 2.30. The zero-order valence-corrected chi connectivity index (χ0v) is 20.9. The van der Waals surface area contributed by atoms with E-state index in [1.54, 1.807) is 61.7 Å². The molecule has 0 radical (unpaired) electrons. The third-order valence-electron chi connectivity index (χ3n) is 5.00. The first-order valence-electron chi connectivity index (χ1n) is 10.1. The van der Waals surface area contributed by atoms with E-state index in [-0.39, 0.29) is 17.5 Å². The Hall–Kier alpha value is -3.04. The fraction of sp³-hybridized carbons (Fsp3) is 0.208. The lowest BCUT2D eigenvalue weighted by molar-refractivity contribution is -0.120. The molecule has 174 valence electrons. The van der Waals surface area contributed by atoms with Crippen LogP contribution in [0.5, 0.6) is 11.5 Å². The monoisotopic (exact) mass is 532 g/mol. The van der Waals surface area contributed by atoms with Crippen molar-refractivity contribution in [3.8, 4) is 11.5 Å². The van der Waals surface area contributed by atoms with Crippen molar-refractivity contribution in [1.29, 1.82) is 0 Å². The molecule has 9 heteroatoms. The molecule has 3 aromatic carbocycles. The van der Waals surface area contributed by atoms with Gasteiger partial charge in [0.25, 0.3) is 10.0 Å². The maximum atomic E-state index is 13.4. The van der Waals surface area contributed by atoms with Gasteiger partial charge in [-0.05, 0) is 55.0 Å². The van der Waals surface area contributed by atoms with Gasteiger partial charge in [0, 0.05) is 4.47 Å². The Morgan fingerprint density at radius 3 is 2.30 bits per heavy atom. The van der Waals surface area contributed by atoms with Crippen molar-refractivity contribution in [2.45, 2.75) is 17.9 Å². The topological polar surface area (TPSA) is 84.9 Å². The van der Waals surface area contributed by atoms with Crippen LogP contribution in [0.2, 0.25) is 0 Å². The number of carbonyl (C=O) groups excluding carboxylic acids is 1. The first kappa shape index (κ1) is 24.6. The number of methoxy groups -OCH3 is 2. The summed E-state index contributed by atoms with van der Waals surface area (Å²) in [4.78, 5) is 13.1. The molecular formula is C24H25BrN2O5S. The van der Waals surface area contributed by atoms with Gasteiger partial charge in [-0.1, -0.05) is 46.3 Å². The lowest BCUT2D eigenvalue weighted by Gasteiger charge is -2.25. The molecule has 0 heterocycles. The maximum Gasteiger partial charge on any atom is 0.264 e. The van der Waals surface area contributed by atoms with Gasteiger partial charge in [0.1, 0.15) is 6.54 Å². The van der Waals surface area contributed by atoms with E-state index in [0.717, 1.165) is 9.87 Å². The average molecular weight is 533 g/mol. The molecule has 7 nitrogen and oxygen atoms in total. The van der Waals surface area contributed by atoms with Crippen molar-refractivity contribution in [2.24, 2.45) is 0 Å². The molecule has 0 unspecified atom stereocenters. The number of carbonyl (C=O) groups is 1. The molecule has 1 atom stereocenters. The van der Waals surface area contributed by atoms with Gasteiger partial charge in [-0.3, -0.25) is 9.10 Å². The van der Waals surface area contributed by atoms with Gasteiger partial charge in [-0.15, -0.1) is 0 Å². The smallest absolute Gasteiger partial charge is 0.264 e. The summed E-state index contributed by atoms with van der Waals surface area (Å²) in [6, 6.07) is 19.8. The van der Waals surface area contributed by atoms with Gasteiger partial charge in [0.15, 0.2) is 11.5 Å². The quantitative estimate of drug-likeness (QED) is 0.437. The molecule has 0 aliphatic heterocycles. The van der Waals surface area contributed by atoms with Gasteiger partial charge >= 0.3 is 0 Å². The van der Waals surface area contributed by atoms with Crippen LogP contribution in [0.4, 0.5) is 5.69 Å². The van der Waals surface area contributed by atoms with Gasteiger partial charge in [0.2, 0.25) is 5.91 Å². The van der Waals surface area contributed by atoms with Crippen molar-refractivity contribution in [1.82, 2.24) is 5.32 Å². The van der Waals surface area contributed by atoms with E-state index < -0.39 is 15.9 Å². The molecule has 0 aliphatic rings. The summed E-state index contributed by atoms with van der Waals surface area (Å²) in [5, 5.41) is 2.87. The molecule has 0 aromatic heterocycles. The van der Waals surface area contributed by atoms with Crippen molar-refractivity contribution in [3.63, 3.8) is 0 Å². The van der Waals surface area contributed by atoms with Crippen LogP contribution in [-0.2, 0) is 14.8 Å². The highest BCUT2D eigenvalue weighted by atomic mass is 79.9. The number of ether oxygens (including phenoxy) is 2. The van der Waals surface area contributed by atoms with E-state index in [0.29, 0.717) is 21.7 Å². The zero-order chi connectivity index (χ0) is 24.0. The summed E-state index contributed by atoms with van der Waals surface area (Å²) >= 11 is 3.37. The van der Waals surface area contributed by atoms with Crippen LogP contribution in [0.3, 0.4) is 0 Å². The standard InChI is InChI=1S/C24H25BrN2O5S/c1-17(18-12-13-22(31-2)23(14-18)32-3)26-24(28)16-27(20-9-7-8-19(25)15-20)33(29,30)21-10-5-4-6-11-21/h4-15,17H,16H2,1-3H3,(H,26,28)/t17-/m0/s1. The van der Waals surface area contributed by atoms with Crippen LogP contribution >= 0.6 is 15.9 Å². The number of anilines is 1. The molecule has 0 bridgehead atoms. The molecule has 3 aromatic rings. The number of hydrogen-bond donors (Lipinski definition) is 1. The first-order valence-corrected chi connectivity index (χ1v) is 12.3. The molecule has 0 aliphatic carbocycles. The highest BCUT2D eigenvalue weighted by molar-refractivity contribution is 9.10. The third-order valence-corrected chi connectivity index (χ3v) is 7.28. The third kappa shape index (κ3) is 5.85. The molecule has 1 amide bonds. The minimum atomic E-state index is -3.97. The molecule has 1 N–H and O–H groups in total. The van der Waals surface area contributed by atoms with E-state index in [1.807, 2.05) is 13.0 Å².